The lowest BCUT2D eigenvalue weighted by molar-refractivity contribution is -0.120. The second-order valence-electron chi connectivity index (χ2n) is 4.73. The number of hydrogen-bond donors (Lipinski definition) is 2. The van der Waals surface area contributed by atoms with E-state index >= 15 is 0 Å². The Labute approximate surface area is 109 Å². The van der Waals surface area contributed by atoms with Crippen molar-refractivity contribution in [2.75, 3.05) is 11.1 Å². The predicted octanol–water partition coefficient (Wildman–Crippen LogP) is 2.47. The number of anilines is 2. The minimum atomic E-state index is 0.0494. The van der Waals surface area contributed by atoms with E-state index in [-0.39, 0.29) is 11.8 Å². The quantitative estimate of drug-likeness (QED) is 0.816. The smallest absolute Gasteiger partial charge is 0.228 e. The van der Waals surface area contributed by atoms with Gasteiger partial charge in [-0.15, -0.1) is 0 Å². The molecule has 0 atom stereocenters. The molecule has 0 bridgehead atoms. The number of rotatable bonds is 6. The van der Waals surface area contributed by atoms with Gasteiger partial charge in [-0.05, 0) is 19.8 Å². The fraction of sp³-hybridized carbons (Fsp3) is 0.692. The first-order valence-corrected chi connectivity index (χ1v) is 6.61. The minimum Gasteiger partial charge on any atom is -0.394 e. The number of aromatic nitrogens is 2. The normalized spacial score (nSPS) is 10.9. The molecule has 0 aromatic carbocycles. The van der Waals surface area contributed by atoms with Crippen molar-refractivity contribution in [2.45, 2.75) is 46.5 Å². The summed E-state index contributed by atoms with van der Waals surface area (Å²) in [6, 6.07) is 0. The van der Waals surface area contributed by atoms with Crippen molar-refractivity contribution in [3.63, 3.8) is 0 Å². The molecule has 1 aromatic heterocycles. The van der Waals surface area contributed by atoms with Gasteiger partial charge in [0.25, 0.3) is 0 Å². The monoisotopic (exact) mass is 252 g/mol. The first kappa shape index (κ1) is 14.5. The maximum Gasteiger partial charge on any atom is 0.228 e. The molecule has 0 saturated heterocycles. The van der Waals surface area contributed by atoms with E-state index in [1.54, 1.807) is 11.7 Å². The van der Waals surface area contributed by atoms with Crippen LogP contribution in [0, 0.1) is 12.8 Å². The van der Waals surface area contributed by atoms with Gasteiger partial charge in [0, 0.05) is 13.0 Å². The summed E-state index contributed by atoms with van der Waals surface area (Å²) in [5.41, 5.74) is 7.20. The van der Waals surface area contributed by atoms with Crippen molar-refractivity contribution in [3.05, 3.63) is 5.69 Å². The first-order chi connectivity index (χ1) is 8.51. The summed E-state index contributed by atoms with van der Waals surface area (Å²) in [6.45, 7) is 6.03. The van der Waals surface area contributed by atoms with Crippen LogP contribution in [0.3, 0.4) is 0 Å². The van der Waals surface area contributed by atoms with Gasteiger partial charge in [-0.25, -0.2) is 0 Å². The van der Waals surface area contributed by atoms with Gasteiger partial charge in [-0.2, -0.15) is 5.10 Å². The number of nitrogen functional groups attached to an aromatic ring is 1. The lowest BCUT2D eigenvalue weighted by atomic mass is 9.97. The van der Waals surface area contributed by atoms with Crippen molar-refractivity contribution in [2.24, 2.45) is 13.0 Å². The summed E-state index contributed by atoms with van der Waals surface area (Å²) in [7, 11) is 1.79. The Morgan fingerprint density at radius 1 is 1.39 bits per heavy atom. The Bertz CT molecular complexity index is 405. The minimum absolute atomic E-state index is 0.0494. The molecule has 1 heterocycles. The largest absolute Gasteiger partial charge is 0.394 e. The summed E-state index contributed by atoms with van der Waals surface area (Å²) in [5.74, 6) is 0.720. The van der Waals surface area contributed by atoms with Crippen LogP contribution in [-0.2, 0) is 11.8 Å². The molecular weight excluding hydrogens is 228 g/mol. The van der Waals surface area contributed by atoms with Gasteiger partial charge in [0.1, 0.15) is 0 Å². The van der Waals surface area contributed by atoms with E-state index in [4.69, 9.17) is 5.73 Å². The molecule has 3 N–H and O–H groups in total. The van der Waals surface area contributed by atoms with Crippen LogP contribution in [0.1, 0.15) is 45.2 Å². The maximum absolute atomic E-state index is 12.2. The zero-order valence-electron chi connectivity index (χ0n) is 11.8. The average Bonchev–Trinajstić information content (AvgIpc) is 2.55. The van der Waals surface area contributed by atoms with Crippen LogP contribution in [0.2, 0.25) is 0 Å². The summed E-state index contributed by atoms with van der Waals surface area (Å²) >= 11 is 0. The van der Waals surface area contributed by atoms with E-state index in [0.29, 0.717) is 11.5 Å². The van der Waals surface area contributed by atoms with Crippen LogP contribution in [0.4, 0.5) is 11.5 Å². The number of nitrogens with two attached hydrogens (primary N) is 1. The molecule has 0 unspecified atom stereocenters. The average molecular weight is 252 g/mol. The van der Waals surface area contributed by atoms with Crippen LogP contribution in [-0.4, -0.2) is 15.7 Å². The Morgan fingerprint density at radius 3 is 2.33 bits per heavy atom. The lowest BCUT2D eigenvalue weighted by Crippen LogP contribution is -2.24. The van der Waals surface area contributed by atoms with E-state index in [2.05, 4.69) is 24.3 Å². The van der Waals surface area contributed by atoms with Gasteiger partial charge in [0.2, 0.25) is 5.91 Å². The number of nitrogens with zero attached hydrogens (tertiary/aromatic N) is 2. The first-order valence-electron chi connectivity index (χ1n) is 6.61. The zero-order valence-corrected chi connectivity index (χ0v) is 11.8. The zero-order chi connectivity index (χ0) is 13.7. The van der Waals surface area contributed by atoms with Crippen LogP contribution in [0.5, 0.6) is 0 Å². The molecule has 102 valence electrons. The lowest BCUT2D eigenvalue weighted by Gasteiger charge is -2.15. The highest BCUT2D eigenvalue weighted by atomic mass is 16.2. The van der Waals surface area contributed by atoms with Gasteiger partial charge in [-0.3, -0.25) is 9.48 Å². The number of carbonyl (C=O) groups excluding carboxylic acids is 1. The molecule has 5 nitrogen and oxygen atoms in total. The fourth-order valence-electron chi connectivity index (χ4n) is 2.14. The number of amides is 1. The van der Waals surface area contributed by atoms with Crippen LogP contribution >= 0.6 is 0 Å². The standard InChI is InChI=1S/C13H24N4O/c1-5-7-10(8-6-2)13(18)15-12-11(14)9(3)16-17(12)4/h10H,5-8,14H2,1-4H3,(H,15,18). The number of nitrogens with one attached hydrogen (secondary N) is 1. The predicted molar refractivity (Wildman–Crippen MR) is 74.3 cm³/mol. The number of carbonyl (C=O) groups is 1. The molecule has 1 aromatic rings. The molecule has 0 aliphatic heterocycles. The third-order valence-electron chi connectivity index (χ3n) is 3.16. The molecule has 0 fully saturated rings. The Morgan fingerprint density at radius 2 is 1.94 bits per heavy atom. The van der Waals surface area contributed by atoms with Crippen molar-refractivity contribution in [3.8, 4) is 0 Å². The summed E-state index contributed by atoms with van der Waals surface area (Å²) in [5, 5.41) is 7.10. The molecule has 0 saturated carbocycles. The van der Waals surface area contributed by atoms with E-state index in [1.807, 2.05) is 6.92 Å². The molecule has 0 aliphatic carbocycles. The maximum atomic E-state index is 12.2. The SMILES string of the molecule is CCCC(CCC)C(=O)Nc1c(N)c(C)nn1C. The van der Waals surface area contributed by atoms with Crippen molar-refractivity contribution < 1.29 is 4.79 Å². The second-order valence-corrected chi connectivity index (χ2v) is 4.73. The van der Waals surface area contributed by atoms with Gasteiger partial charge >= 0.3 is 0 Å². The topological polar surface area (TPSA) is 72.9 Å². The van der Waals surface area contributed by atoms with Crippen molar-refractivity contribution in [1.82, 2.24) is 9.78 Å². The molecule has 1 amide bonds. The molecule has 5 heteroatoms. The highest BCUT2D eigenvalue weighted by molar-refractivity contribution is 5.94. The number of aryl methyl sites for hydroxylation is 2. The van der Waals surface area contributed by atoms with Crippen LogP contribution in [0.25, 0.3) is 0 Å². The Hall–Kier alpha value is -1.52. The summed E-state index contributed by atoms with van der Waals surface area (Å²) < 4.78 is 1.62. The van der Waals surface area contributed by atoms with Crippen molar-refractivity contribution in [1.29, 1.82) is 0 Å². The molecule has 0 spiro atoms. The molecule has 1 rings (SSSR count). The molecule has 0 radical (unpaired) electrons. The third kappa shape index (κ3) is 3.24. The Balaban J connectivity index is 2.78. The van der Waals surface area contributed by atoms with Gasteiger partial charge in [0.15, 0.2) is 5.82 Å². The molecule has 18 heavy (non-hydrogen) atoms. The van der Waals surface area contributed by atoms with Gasteiger partial charge in [0.05, 0.1) is 11.4 Å². The van der Waals surface area contributed by atoms with Gasteiger partial charge in [-0.1, -0.05) is 26.7 Å². The van der Waals surface area contributed by atoms with Crippen LogP contribution < -0.4 is 11.1 Å². The summed E-state index contributed by atoms with van der Waals surface area (Å²) in [6.07, 6.45) is 3.85. The number of hydrogen-bond acceptors (Lipinski definition) is 3. The Kier molecular flexibility index (Phi) is 5.19. The highest BCUT2D eigenvalue weighted by Crippen LogP contribution is 2.23. The highest BCUT2D eigenvalue weighted by Gasteiger charge is 2.19. The summed E-state index contributed by atoms with van der Waals surface area (Å²) in [4.78, 5) is 12.2. The van der Waals surface area contributed by atoms with E-state index in [1.165, 1.54) is 0 Å². The third-order valence-corrected chi connectivity index (χ3v) is 3.16. The van der Waals surface area contributed by atoms with E-state index in [9.17, 15) is 4.79 Å². The van der Waals surface area contributed by atoms with Crippen molar-refractivity contribution >= 4 is 17.4 Å². The van der Waals surface area contributed by atoms with E-state index < -0.39 is 0 Å². The fourth-order valence-corrected chi connectivity index (χ4v) is 2.14. The second kappa shape index (κ2) is 6.42. The molecular formula is C13H24N4O. The van der Waals surface area contributed by atoms with E-state index in [0.717, 1.165) is 31.4 Å². The van der Waals surface area contributed by atoms with Gasteiger partial charge < -0.3 is 11.1 Å². The molecule has 0 aliphatic rings. The van der Waals surface area contributed by atoms with Crippen LogP contribution in [0.15, 0.2) is 0 Å².